The van der Waals surface area contributed by atoms with Crippen molar-refractivity contribution in [2.24, 2.45) is 0 Å². The van der Waals surface area contributed by atoms with Crippen LogP contribution in [0.15, 0.2) is 60.7 Å². The minimum Gasteiger partial charge on any atom is -0.350 e. The van der Waals surface area contributed by atoms with E-state index in [0.29, 0.717) is 21.3 Å². The number of alkyl halides is 2. The molecule has 192 valence electrons. The highest BCUT2D eigenvalue weighted by Gasteiger charge is 2.42. The van der Waals surface area contributed by atoms with Crippen molar-refractivity contribution in [3.63, 3.8) is 0 Å². The average molecular weight is 523 g/mol. The molecule has 37 heavy (non-hydrogen) atoms. The molecule has 1 fully saturated rings. The van der Waals surface area contributed by atoms with Crippen LogP contribution in [0.3, 0.4) is 0 Å². The van der Waals surface area contributed by atoms with Crippen LogP contribution in [0.1, 0.15) is 40.2 Å². The van der Waals surface area contributed by atoms with Gasteiger partial charge in [0.05, 0.1) is 11.4 Å². The third kappa shape index (κ3) is 5.33. The number of carbonyl (C=O) groups is 2. The third-order valence-electron chi connectivity index (χ3n) is 6.75. The first-order valence-corrected chi connectivity index (χ1v) is 13.2. The number of hydrogen-bond acceptors (Lipinski definition) is 5. The number of aromatic nitrogens is 1. The lowest BCUT2D eigenvalue weighted by Crippen LogP contribution is -2.42. The molecule has 1 saturated heterocycles. The van der Waals surface area contributed by atoms with Crippen molar-refractivity contribution in [1.82, 2.24) is 15.6 Å². The summed E-state index contributed by atoms with van der Waals surface area (Å²) in [4.78, 5) is 32.9. The van der Waals surface area contributed by atoms with Gasteiger partial charge < -0.3 is 15.5 Å². The smallest absolute Gasteiger partial charge is 0.275 e. The minimum atomic E-state index is -3.28. The van der Waals surface area contributed by atoms with Gasteiger partial charge in [0.2, 0.25) is 5.91 Å². The van der Waals surface area contributed by atoms with Crippen molar-refractivity contribution in [3.8, 4) is 10.6 Å². The number of halogens is 2. The average Bonchev–Trinajstić information content (AvgIpc) is 3.25. The van der Waals surface area contributed by atoms with Crippen molar-refractivity contribution < 1.29 is 18.4 Å². The van der Waals surface area contributed by atoms with E-state index in [2.05, 4.69) is 15.6 Å². The Hall–Kier alpha value is -3.43. The van der Waals surface area contributed by atoms with Crippen LogP contribution in [-0.2, 0) is 4.79 Å². The van der Waals surface area contributed by atoms with Gasteiger partial charge in [-0.25, -0.2) is 13.8 Å². The second-order valence-corrected chi connectivity index (χ2v) is 10.3. The Morgan fingerprint density at radius 3 is 2.57 bits per heavy atom. The molecule has 0 saturated carbocycles. The Kier molecular flexibility index (Phi) is 7.17. The number of allylic oxidation sites excluding steroid dienone is 1. The summed E-state index contributed by atoms with van der Waals surface area (Å²) in [5.41, 5.74) is 1.63. The molecule has 6 nitrogen and oxygen atoms in total. The molecule has 2 aliphatic heterocycles. The van der Waals surface area contributed by atoms with Crippen LogP contribution in [0.4, 0.5) is 14.5 Å². The molecule has 0 spiro atoms. The molecule has 2 amide bonds. The maximum Gasteiger partial charge on any atom is 0.275 e. The zero-order valence-electron chi connectivity index (χ0n) is 20.5. The fraction of sp³-hybridized carbons (Fsp3) is 0.321. The van der Waals surface area contributed by atoms with Crippen LogP contribution in [0.2, 0.25) is 0 Å². The maximum absolute atomic E-state index is 15.5. The highest BCUT2D eigenvalue weighted by atomic mass is 32.1. The minimum absolute atomic E-state index is 0.0496. The topological polar surface area (TPSA) is 74.3 Å². The number of nitrogens with one attached hydrogen (secondary N) is 2. The summed E-state index contributed by atoms with van der Waals surface area (Å²) in [6.45, 7) is 3.13. The van der Waals surface area contributed by atoms with Crippen molar-refractivity contribution in [3.05, 3.63) is 76.8 Å². The van der Waals surface area contributed by atoms with E-state index >= 15 is 8.78 Å². The Morgan fingerprint density at radius 2 is 1.81 bits per heavy atom. The molecule has 3 aromatic rings. The maximum atomic E-state index is 15.5. The van der Waals surface area contributed by atoms with Gasteiger partial charge in [-0.2, -0.15) is 0 Å². The number of benzene rings is 2. The predicted octanol–water partition coefficient (Wildman–Crippen LogP) is 5.06. The van der Waals surface area contributed by atoms with Crippen LogP contribution < -0.4 is 15.5 Å². The van der Waals surface area contributed by atoms with Gasteiger partial charge in [-0.05, 0) is 38.9 Å². The Labute approximate surface area is 218 Å². The second-order valence-electron chi connectivity index (χ2n) is 9.32. The van der Waals surface area contributed by atoms with Gasteiger partial charge in [0, 0.05) is 41.8 Å². The van der Waals surface area contributed by atoms with Crippen molar-refractivity contribution in [1.29, 1.82) is 0 Å². The largest absolute Gasteiger partial charge is 0.350 e. The van der Waals surface area contributed by atoms with Crippen LogP contribution in [0.5, 0.6) is 0 Å². The van der Waals surface area contributed by atoms with Crippen molar-refractivity contribution >= 4 is 34.4 Å². The lowest BCUT2D eigenvalue weighted by atomic mass is 9.96. The normalized spacial score (nSPS) is 18.8. The fourth-order valence-corrected chi connectivity index (χ4v) is 5.82. The van der Waals surface area contributed by atoms with E-state index in [4.69, 9.17) is 0 Å². The van der Waals surface area contributed by atoms with E-state index in [9.17, 15) is 9.59 Å². The molecular weight excluding hydrogens is 494 g/mol. The zero-order valence-corrected chi connectivity index (χ0v) is 21.3. The van der Waals surface area contributed by atoms with Gasteiger partial charge in [-0.15, -0.1) is 11.3 Å². The van der Waals surface area contributed by atoms with Gasteiger partial charge in [0.15, 0.2) is 0 Å². The molecule has 9 heteroatoms. The van der Waals surface area contributed by atoms with Crippen LogP contribution in [0.25, 0.3) is 16.1 Å². The number of fused-ring (bicyclic) bond motifs is 1. The quantitative estimate of drug-likeness (QED) is 0.470. The SMILES string of the molecule is Cc1nc(-c2ccccc2)sc1C(=O)N1CCC(F)(F)/C(=C\C(=O)NC2CCNCC2)c2ccccc21. The molecule has 2 aromatic carbocycles. The molecule has 2 aliphatic rings. The molecule has 1 aromatic heterocycles. The number of thiazole rings is 1. The fourth-order valence-electron chi connectivity index (χ4n) is 4.80. The molecule has 0 aliphatic carbocycles. The number of carbonyl (C=O) groups excluding carboxylic acids is 2. The molecule has 0 atom stereocenters. The number of rotatable bonds is 4. The number of hydrogen-bond donors (Lipinski definition) is 2. The van der Waals surface area contributed by atoms with E-state index in [-0.39, 0.29) is 29.6 Å². The number of aryl methyl sites for hydroxylation is 1. The standard InChI is InChI=1S/C28H28F2N4O2S/c1-18-25(37-26(32-18)19-7-3-2-4-8-19)27(36)34-16-13-28(29,30)22(21-9-5-6-10-23(21)34)17-24(35)33-20-11-14-31-15-12-20/h2-10,17,20,31H,11-16H2,1H3,(H,33,35)/b22-17-. The van der Waals surface area contributed by atoms with Gasteiger partial charge in [0.1, 0.15) is 9.88 Å². The number of anilines is 1. The van der Waals surface area contributed by atoms with Crippen molar-refractivity contribution in [2.75, 3.05) is 24.5 Å². The Balaban J connectivity index is 1.48. The molecule has 0 bridgehead atoms. The summed E-state index contributed by atoms with van der Waals surface area (Å²) >= 11 is 1.25. The highest BCUT2D eigenvalue weighted by Crippen LogP contribution is 2.43. The molecule has 5 rings (SSSR count). The molecule has 0 radical (unpaired) electrons. The van der Waals surface area contributed by atoms with E-state index < -0.39 is 18.3 Å². The summed E-state index contributed by atoms with van der Waals surface area (Å²) in [6.07, 6.45) is 1.93. The second kappa shape index (κ2) is 10.5. The number of para-hydroxylation sites is 1. The van der Waals surface area contributed by atoms with Gasteiger partial charge in [0.25, 0.3) is 11.8 Å². The van der Waals surface area contributed by atoms with Crippen LogP contribution in [0, 0.1) is 6.92 Å². The van der Waals surface area contributed by atoms with E-state index in [1.807, 2.05) is 30.3 Å². The summed E-state index contributed by atoms with van der Waals surface area (Å²) in [5, 5.41) is 6.78. The van der Waals surface area contributed by atoms with Gasteiger partial charge in [-0.1, -0.05) is 48.5 Å². The Bertz CT molecular complexity index is 1330. The van der Waals surface area contributed by atoms with Crippen molar-refractivity contribution in [2.45, 2.75) is 38.2 Å². The van der Waals surface area contributed by atoms with Gasteiger partial charge >= 0.3 is 0 Å². The monoisotopic (exact) mass is 522 g/mol. The molecule has 3 heterocycles. The third-order valence-corrected chi connectivity index (χ3v) is 7.94. The lowest BCUT2D eigenvalue weighted by molar-refractivity contribution is -0.117. The first-order valence-electron chi connectivity index (χ1n) is 12.4. The number of amides is 2. The predicted molar refractivity (Wildman–Crippen MR) is 142 cm³/mol. The summed E-state index contributed by atoms with van der Waals surface area (Å²) in [5.74, 6) is -4.20. The zero-order chi connectivity index (χ0) is 26.0. The molecule has 2 N–H and O–H groups in total. The van der Waals surface area contributed by atoms with E-state index in [0.717, 1.165) is 37.6 Å². The van der Waals surface area contributed by atoms with Crippen LogP contribution >= 0.6 is 11.3 Å². The van der Waals surface area contributed by atoms with E-state index in [1.165, 1.54) is 16.2 Å². The number of nitrogens with zero attached hydrogens (tertiary/aromatic N) is 2. The lowest BCUT2D eigenvalue weighted by Gasteiger charge is -2.24. The van der Waals surface area contributed by atoms with E-state index in [1.54, 1.807) is 31.2 Å². The molecule has 0 unspecified atom stereocenters. The summed E-state index contributed by atoms with van der Waals surface area (Å²) < 4.78 is 31.0. The number of piperidine rings is 1. The highest BCUT2D eigenvalue weighted by molar-refractivity contribution is 7.17. The summed E-state index contributed by atoms with van der Waals surface area (Å²) in [7, 11) is 0. The van der Waals surface area contributed by atoms with Crippen LogP contribution in [-0.4, -0.2) is 48.4 Å². The summed E-state index contributed by atoms with van der Waals surface area (Å²) in [6, 6.07) is 16.0. The first-order chi connectivity index (χ1) is 17.8. The van der Waals surface area contributed by atoms with Gasteiger partial charge in [-0.3, -0.25) is 9.59 Å². The molecular formula is C28H28F2N4O2S. The Morgan fingerprint density at radius 1 is 1.11 bits per heavy atom. The first kappa shape index (κ1) is 25.2.